The van der Waals surface area contributed by atoms with Gasteiger partial charge in [-0.25, -0.2) is 10.5 Å². The summed E-state index contributed by atoms with van der Waals surface area (Å²) in [5.74, 6) is 5.42. The Morgan fingerprint density at radius 2 is 1.86 bits per heavy atom. The molecule has 146 valence electrons. The lowest BCUT2D eigenvalue weighted by molar-refractivity contribution is 0.0706. The number of amides is 2. The van der Waals surface area contributed by atoms with E-state index in [9.17, 15) is 9.59 Å². The molecule has 0 aliphatic rings. The highest BCUT2D eigenvalue weighted by molar-refractivity contribution is 5.97. The van der Waals surface area contributed by atoms with E-state index in [4.69, 9.17) is 9.94 Å². The number of fused-ring (bicyclic) bond motifs is 1. The van der Waals surface area contributed by atoms with Gasteiger partial charge in [-0.1, -0.05) is 24.0 Å². The fraction of sp³-hybridized carbons (Fsp3) is 0.136. The molecule has 0 aliphatic heterocycles. The minimum absolute atomic E-state index is 0.135. The Bertz CT molecular complexity index is 1100. The van der Waals surface area contributed by atoms with Crippen LogP contribution in [0.4, 0.5) is 0 Å². The van der Waals surface area contributed by atoms with E-state index in [0.29, 0.717) is 29.0 Å². The van der Waals surface area contributed by atoms with Gasteiger partial charge in [-0.05, 0) is 43.3 Å². The van der Waals surface area contributed by atoms with Crippen molar-refractivity contribution >= 4 is 22.7 Å². The van der Waals surface area contributed by atoms with E-state index in [-0.39, 0.29) is 18.1 Å². The van der Waals surface area contributed by atoms with Crippen LogP contribution in [0.2, 0.25) is 0 Å². The predicted molar refractivity (Wildman–Crippen MR) is 108 cm³/mol. The highest BCUT2D eigenvalue weighted by atomic mass is 16.5. The van der Waals surface area contributed by atoms with Gasteiger partial charge < -0.3 is 10.1 Å². The molecule has 0 spiro atoms. The zero-order valence-electron chi connectivity index (χ0n) is 15.7. The number of hydroxylamine groups is 1. The van der Waals surface area contributed by atoms with Crippen molar-refractivity contribution < 1.29 is 19.5 Å². The van der Waals surface area contributed by atoms with Crippen molar-refractivity contribution in [1.82, 2.24) is 15.8 Å². The van der Waals surface area contributed by atoms with E-state index in [0.717, 1.165) is 5.39 Å². The molecule has 0 bridgehead atoms. The van der Waals surface area contributed by atoms with Crippen LogP contribution in [-0.4, -0.2) is 35.2 Å². The second kappa shape index (κ2) is 9.35. The second-order valence-corrected chi connectivity index (χ2v) is 5.96. The summed E-state index contributed by atoms with van der Waals surface area (Å²) >= 11 is 0. The Balaban J connectivity index is 1.67. The van der Waals surface area contributed by atoms with Gasteiger partial charge in [-0.15, -0.1) is 0 Å². The quantitative estimate of drug-likeness (QED) is 0.354. The van der Waals surface area contributed by atoms with Gasteiger partial charge in [-0.3, -0.25) is 14.8 Å². The standard InChI is InChI=1S/C22H19N3O4/c1-2-29-20-14-19(24-18-8-4-3-7-17(18)20)22(27)23-13-5-6-15-9-11-16(12-10-15)21(26)25-28/h3-4,7-12,14,28H,2,13H2,1H3,(H,23,27)(H,25,26). The van der Waals surface area contributed by atoms with Crippen LogP contribution in [0.15, 0.2) is 54.6 Å². The predicted octanol–water partition coefficient (Wildman–Crippen LogP) is 2.53. The number of nitrogens with zero attached hydrogens (tertiary/aromatic N) is 1. The largest absolute Gasteiger partial charge is 0.493 e. The number of nitrogens with one attached hydrogen (secondary N) is 2. The third-order valence-electron chi connectivity index (χ3n) is 4.03. The summed E-state index contributed by atoms with van der Waals surface area (Å²) in [5.41, 5.74) is 3.50. The van der Waals surface area contributed by atoms with Crippen molar-refractivity contribution in [3.05, 3.63) is 71.4 Å². The molecule has 3 rings (SSSR count). The summed E-state index contributed by atoms with van der Waals surface area (Å²) in [5, 5.41) is 12.2. The van der Waals surface area contributed by atoms with E-state index >= 15 is 0 Å². The molecule has 7 heteroatoms. The SMILES string of the molecule is CCOc1cc(C(=O)NCC#Cc2ccc(C(=O)NO)cc2)nc2ccccc12. The maximum atomic E-state index is 12.4. The number of pyridine rings is 1. The van der Waals surface area contributed by atoms with Gasteiger partial charge in [0.25, 0.3) is 11.8 Å². The van der Waals surface area contributed by atoms with Gasteiger partial charge in [0.2, 0.25) is 0 Å². The molecule has 29 heavy (non-hydrogen) atoms. The van der Waals surface area contributed by atoms with Gasteiger partial charge in [0.15, 0.2) is 0 Å². The van der Waals surface area contributed by atoms with Crippen LogP contribution in [-0.2, 0) is 0 Å². The van der Waals surface area contributed by atoms with Gasteiger partial charge in [-0.2, -0.15) is 0 Å². The van der Waals surface area contributed by atoms with E-state index in [1.54, 1.807) is 35.8 Å². The molecule has 2 aromatic carbocycles. The molecule has 1 heterocycles. The number of hydrogen-bond acceptors (Lipinski definition) is 5. The van der Waals surface area contributed by atoms with Crippen molar-refractivity contribution in [2.75, 3.05) is 13.2 Å². The van der Waals surface area contributed by atoms with E-state index in [1.165, 1.54) is 0 Å². The van der Waals surface area contributed by atoms with Crippen molar-refractivity contribution in [3.63, 3.8) is 0 Å². The fourth-order valence-corrected chi connectivity index (χ4v) is 2.67. The third-order valence-corrected chi connectivity index (χ3v) is 4.03. The zero-order valence-corrected chi connectivity index (χ0v) is 15.7. The van der Waals surface area contributed by atoms with Crippen LogP contribution in [0.1, 0.15) is 33.3 Å². The van der Waals surface area contributed by atoms with E-state index in [2.05, 4.69) is 22.1 Å². The van der Waals surface area contributed by atoms with Crippen molar-refractivity contribution in [2.45, 2.75) is 6.92 Å². The van der Waals surface area contributed by atoms with Gasteiger partial charge >= 0.3 is 0 Å². The first-order valence-corrected chi connectivity index (χ1v) is 8.96. The Labute approximate surface area is 167 Å². The molecular formula is C22H19N3O4. The highest BCUT2D eigenvalue weighted by Crippen LogP contribution is 2.25. The number of carbonyl (C=O) groups excluding carboxylic acids is 2. The first kappa shape index (κ1) is 19.9. The first-order chi connectivity index (χ1) is 14.1. The number of ether oxygens (including phenoxy) is 1. The lowest BCUT2D eigenvalue weighted by atomic mass is 10.1. The molecule has 2 amide bonds. The lowest BCUT2D eigenvalue weighted by Crippen LogP contribution is -2.24. The summed E-state index contributed by atoms with van der Waals surface area (Å²) in [7, 11) is 0. The zero-order chi connectivity index (χ0) is 20.6. The fourth-order valence-electron chi connectivity index (χ4n) is 2.67. The molecule has 3 N–H and O–H groups in total. The molecule has 0 unspecified atom stereocenters. The average molecular weight is 389 g/mol. The number of rotatable bonds is 5. The van der Waals surface area contributed by atoms with Crippen molar-refractivity contribution in [3.8, 4) is 17.6 Å². The Hall–Kier alpha value is -3.89. The Kier molecular flexibility index (Phi) is 6.40. The minimum Gasteiger partial charge on any atom is -0.493 e. The number of para-hydroxylation sites is 1. The normalized spacial score (nSPS) is 10.0. The van der Waals surface area contributed by atoms with Crippen LogP contribution >= 0.6 is 0 Å². The van der Waals surface area contributed by atoms with Gasteiger partial charge in [0.05, 0.1) is 18.7 Å². The Morgan fingerprint density at radius 3 is 2.59 bits per heavy atom. The van der Waals surface area contributed by atoms with Crippen molar-refractivity contribution in [1.29, 1.82) is 0 Å². The summed E-state index contributed by atoms with van der Waals surface area (Å²) < 4.78 is 5.64. The topological polar surface area (TPSA) is 101 Å². The molecule has 0 atom stereocenters. The molecule has 0 saturated carbocycles. The van der Waals surface area contributed by atoms with E-state index in [1.807, 2.05) is 31.2 Å². The van der Waals surface area contributed by atoms with Crippen molar-refractivity contribution in [2.24, 2.45) is 0 Å². The van der Waals surface area contributed by atoms with Crippen LogP contribution in [0.3, 0.4) is 0 Å². The number of aromatic nitrogens is 1. The molecule has 0 fully saturated rings. The van der Waals surface area contributed by atoms with Gasteiger partial charge in [0.1, 0.15) is 11.4 Å². The molecular weight excluding hydrogens is 370 g/mol. The smallest absolute Gasteiger partial charge is 0.274 e. The molecule has 0 saturated heterocycles. The van der Waals surface area contributed by atoms with Crippen LogP contribution in [0, 0.1) is 11.8 Å². The van der Waals surface area contributed by atoms with Crippen LogP contribution in [0.5, 0.6) is 5.75 Å². The third kappa shape index (κ3) is 4.89. The summed E-state index contributed by atoms with van der Waals surface area (Å²) in [6, 6.07) is 15.5. The molecule has 0 radical (unpaired) electrons. The minimum atomic E-state index is -0.592. The molecule has 3 aromatic rings. The summed E-state index contributed by atoms with van der Waals surface area (Å²) in [6.45, 7) is 2.50. The number of carbonyl (C=O) groups is 2. The monoisotopic (exact) mass is 389 g/mol. The second-order valence-electron chi connectivity index (χ2n) is 5.96. The molecule has 0 aliphatic carbocycles. The van der Waals surface area contributed by atoms with Gasteiger partial charge in [0, 0.05) is 22.6 Å². The molecule has 7 nitrogen and oxygen atoms in total. The molecule has 1 aromatic heterocycles. The average Bonchev–Trinajstić information content (AvgIpc) is 2.76. The van der Waals surface area contributed by atoms with Crippen LogP contribution < -0.4 is 15.5 Å². The summed E-state index contributed by atoms with van der Waals surface area (Å²) in [4.78, 5) is 28.1. The lowest BCUT2D eigenvalue weighted by Gasteiger charge is -2.09. The number of benzene rings is 2. The maximum absolute atomic E-state index is 12.4. The van der Waals surface area contributed by atoms with E-state index < -0.39 is 5.91 Å². The highest BCUT2D eigenvalue weighted by Gasteiger charge is 2.12. The Morgan fingerprint density at radius 1 is 1.10 bits per heavy atom. The summed E-state index contributed by atoms with van der Waals surface area (Å²) in [6.07, 6.45) is 0. The maximum Gasteiger partial charge on any atom is 0.274 e. The van der Waals surface area contributed by atoms with Crippen LogP contribution in [0.25, 0.3) is 10.9 Å². The first-order valence-electron chi connectivity index (χ1n) is 8.96. The number of hydrogen-bond donors (Lipinski definition) is 3.